The number of nitrogens with one attached hydrogen (secondary N) is 1. The van der Waals surface area contributed by atoms with Crippen molar-refractivity contribution >= 4 is 23.4 Å². The molecule has 1 aromatic heterocycles. The molecule has 1 amide bonds. The van der Waals surface area contributed by atoms with Crippen LogP contribution in [-0.4, -0.2) is 18.0 Å². The molecule has 4 nitrogen and oxygen atoms in total. The van der Waals surface area contributed by atoms with Gasteiger partial charge in [0.25, 0.3) is 5.91 Å². The molecule has 0 aliphatic rings. The molecule has 0 fully saturated rings. The molecular weight excluding hydrogens is 363 g/mol. The van der Waals surface area contributed by atoms with Gasteiger partial charge in [-0.05, 0) is 47.5 Å². The third-order valence-electron chi connectivity index (χ3n) is 3.80. The number of halogens is 1. The van der Waals surface area contributed by atoms with E-state index in [0.717, 1.165) is 11.1 Å². The number of amides is 1. The fraction of sp³-hybridized carbons (Fsp3) is 0.143. The van der Waals surface area contributed by atoms with Crippen LogP contribution in [0.2, 0.25) is 0 Å². The van der Waals surface area contributed by atoms with Crippen LogP contribution >= 0.6 is 11.8 Å². The molecule has 0 radical (unpaired) electrons. The number of hydrogen-bond donors (Lipinski definition) is 1. The molecule has 0 atom stereocenters. The zero-order valence-electron chi connectivity index (χ0n) is 14.8. The maximum Gasteiger partial charge on any atom is 0.258 e. The summed E-state index contributed by atoms with van der Waals surface area (Å²) >= 11 is 1.44. The van der Waals surface area contributed by atoms with E-state index in [0.29, 0.717) is 28.6 Å². The highest BCUT2D eigenvalue weighted by Crippen LogP contribution is 2.25. The molecule has 0 unspecified atom stereocenters. The topological polar surface area (TPSA) is 51.2 Å². The minimum Gasteiger partial charge on any atom is -0.380 e. The summed E-state index contributed by atoms with van der Waals surface area (Å²) in [4.78, 5) is 17.0. The van der Waals surface area contributed by atoms with Gasteiger partial charge in [0.1, 0.15) is 10.8 Å². The van der Waals surface area contributed by atoms with Crippen LogP contribution in [0, 0.1) is 5.82 Å². The van der Waals surface area contributed by atoms with Crippen LogP contribution in [0.25, 0.3) is 0 Å². The van der Waals surface area contributed by atoms with Gasteiger partial charge >= 0.3 is 0 Å². The quantitative estimate of drug-likeness (QED) is 0.590. The molecule has 0 saturated carbocycles. The Morgan fingerprint density at radius 2 is 1.93 bits per heavy atom. The molecule has 0 aliphatic carbocycles. The highest BCUT2D eigenvalue weighted by Gasteiger charge is 2.13. The number of thioether (sulfide) groups is 1. The number of aromatic nitrogens is 1. The van der Waals surface area contributed by atoms with Crippen LogP contribution in [-0.2, 0) is 17.1 Å². The predicted octanol–water partition coefficient (Wildman–Crippen LogP) is 4.91. The van der Waals surface area contributed by atoms with Gasteiger partial charge in [-0.3, -0.25) is 4.79 Å². The average Bonchev–Trinajstić information content (AvgIpc) is 2.68. The Bertz CT molecular complexity index is 916. The Morgan fingerprint density at radius 3 is 2.70 bits per heavy atom. The Morgan fingerprint density at radius 1 is 1.11 bits per heavy atom. The van der Waals surface area contributed by atoms with E-state index < -0.39 is 0 Å². The highest BCUT2D eigenvalue weighted by molar-refractivity contribution is 7.98. The number of anilines is 1. The molecule has 0 spiro atoms. The van der Waals surface area contributed by atoms with Crippen molar-refractivity contribution in [3.05, 3.63) is 89.4 Å². The first-order chi connectivity index (χ1) is 13.2. The van der Waals surface area contributed by atoms with Gasteiger partial charge in [0.2, 0.25) is 0 Å². The van der Waals surface area contributed by atoms with E-state index in [9.17, 15) is 9.18 Å². The second kappa shape index (κ2) is 9.30. The van der Waals surface area contributed by atoms with Gasteiger partial charge in [-0.25, -0.2) is 9.37 Å². The lowest BCUT2D eigenvalue weighted by molar-refractivity contribution is 0.102. The molecule has 3 rings (SSSR count). The molecule has 1 heterocycles. The standard InChI is InChI=1S/C21H19FN2O2S/c1-26-13-16-4-2-5-18(12-16)24-20(25)19-6-3-11-23-21(19)27-14-15-7-9-17(22)10-8-15/h2-12H,13-14H2,1H3,(H,24,25). The molecule has 0 saturated heterocycles. The molecule has 138 valence electrons. The Kier molecular flexibility index (Phi) is 6.57. The monoisotopic (exact) mass is 382 g/mol. The number of rotatable bonds is 7. The van der Waals surface area contributed by atoms with Crippen LogP contribution in [0.5, 0.6) is 0 Å². The number of methoxy groups -OCH3 is 1. The summed E-state index contributed by atoms with van der Waals surface area (Å²) < 4.78 is 18.1. The minimum atomic E-state index is -0.266. The van der Waals surface area contributed by atoms with Crippen molar-refractivity contribution in [2.45, 2.75) is 17.4 Å². The number of pyridine rings is 1. The fourth-order valence-corrected chi connectivity index (χ4v) is 3.46. The van der Waals surface area contributed by atoms with Crippen molar-refractivity contribution in [3.8, 4) is 0 Å². The van der Waals surface area contributed by atoms with E-state index in [-0.39, 0.29) is 11.7 Å². The predicted molar refractivity (Wildman–Crippen MR) is 105 cm³/mol. The Labute approximate surface area is 161 Å². The van der Waals surface area contributed by atoms with Gasteiger partial charge in [-0.15, -0.1) is 11.8 Å². The molecular formula is C21H19FN2O2S. The Hall–Kier alpha value is -2.70. The second-order valence-electron chi connectivity index (χ2n) is 5.86. The van der Waals surface area contributed by atoms with E-state index in [2.05, 4.69) is 10.3 Å². The third kappa shape index (κ3) is 5.39. The van der Waals surface area contributed by atoms with E-state index >= 15 is 0 Å². The molecule has 1 N–H and O–H groups in total. The SMILES string of the molecule is COCc1cccc(NC(=O)c2cccnc2SCc2ccc(F)cc2)c1. The first-order valence-electron chi connectivity index (χ1n) is 8.37. The van der Waals surface area contributed by atoms with Crippen molar-refractivity contribution in [2.24, 2.45) is 0 Å². The van der Waals surface area contributed by atoms with Crippen molar-refractivity contribution in [1.82, 2.24) is 4.98 Å². The molecule has 2 aromatic carbocycles. The molecule has 3 aromatic rings. The Balaban J connectivity index is 1.71. The maximum absolute atomic E-state index is 13.0. The lowest BCUT2D eigenvalue weighted by Gasteiger charge is -2.10. The first-order valence-corrected chi connectivity index (χ1v) is 9.36. The average molecular weight is 382 g/mol. The number of benzene rings is 2. The fourth-order valence-electron chi connectivity index (χ4n) is 2.51. The summed E-state index contributed by atoms with van der Waals surface area (Å²) in [5, 5.41) is 3.54. The summed E-state index contributed by atoms with van der Waals surface area (Å²) in [6.45, 7) is 0.482. The van der Waals surface area contributed by atoms with E-state index in [4.69, 9.17) is 4.74 Å². The van der Waals surface area contributed by atoms with Crippen LogP contribution in [0.3, 0.4) is 0 Å². The maximum atomic E-state index is 13.0. The summed E-state index contributed by atoms with van der Waals surface area (Å²) in [6, 6.07) is 17.3. The van der Waals surface area contributed by atoms with Gasteiger partial charge in [0.05, 0.1) is 12.2 Å². The van der Waals surface area contributed by atoms with Gasteiger partial charge in [0.15, 0.2) is 0 Å². The van der Waals surface area contributed by atoms with Gasteiger partial charge in [0, 0.05) is 24.7 Å². The normalized spacial score (nSPS) is 10.6. The van der Waals surface area contributed by atoms with Crippen molar-refractivity contribution in [2.75, 3.05) is 12.4 Å². The van der Waals surface area contributed by atoms with Gasteiger partial charge in [-0.1, -0.05) is 24.3 Å². The number of hydrogen-bond acceptors (Lipinski definition) is 4. The number of carbonyl (C=O) groups excluding carboxylic acids is 1. The second-order valence-corrected chi connectivity index (χ2v) is 6.82. The number of carbonyl (C=O) groups is 1. The van der Waals surface area contributed by atoms with Crippen molar-refractivity contribution in [3.63, 3.8) is 0 Å². The summed E-state index contributed by atoms with van der Waals surface area (Å²) in [5.74, 6) is 0.109. The summed E-state index contributed by atoms with van der Waals surface area (Å²) in [5.41, 5.74) is 3.15. The number of nitrogens with zero attached hydrogens (tertiary/aromatic N) is 1. The molecule has 27 heavy (non-hydrogen) atoms. The highest BCUT2D eigenvalue weighted by atomic mass is 32.2. The van der Waals surface area contributed by atoms with Crippen LogP contribution in [0.15, 0.2) is 71.9 Å². The summed E-state index contributed by atoms with van der Waals surface area (Å²) in [7, 11) is 1.63. The van der Waals surface area contributed by atoms with Crippen LogP contribution in [0.1, 0.15) is 21.5 Å². The third-order valence-corrected chi connectivity index (χ3v) is 4.88. The zero-order chi connectivity index (χ0) is 19.1. The largest absolute Gasteiger partial charge is 0.380 e. The van der Waals surface area contributed by atoms with Crippen molar-refractivity contribution < 1.29 is 13.9 Å². The van der Waals surface area contributed by atoms with Gasteiger partial charge < -0.3 is 10.1 Å². The molecule has 6 heteroatoms. The summed E-state index contributed by atoms with van der Waals surface area (Å²) in [6.07, 6.45) is 1.66. The van der Waals surface area contributed by atoms with E-state index in [1.165, 1.54) is 23.9 Å². The number of ether oxygens (including phenoxy) is 1. The smallest absolute Gasteiger partial charge is 0.258 e. The van der Waals surface area contributed by atoms with Crippen molar-refractivity contribution in [1.29, 1.82) is 0 Å². The minimum absolute atomic E-state index is 0.223. The van der Waals surface area contributed by atoms with E-state index in [1.54, 1.807) is 37.6 Å². The van der Waals surface area contributed by atoms with Crippen LogP contribution in [0.4, 0.5) is 10.1 Å². The first kappa shape index (κ1) is 19.1. The zero-order valence-corrected chi connectivity index (χ0v) is 15.6. The molecule has 0 bridgehead atoms. The van der Waals surface area contributed by atoms with Crippen LogP contribution < -0.4 is 5.32 Å². The van der Waals surface area contributed by atoms with E-state index in [1.807, 2.05) is 24.3 Å². The van der Waals surface area contributed by atoms with Gasteiger partial charge in [-0.2, -0.15) is 0 Å². The molecule has 0 aliphatic heterocycles. The lowest BCUT2D eigenvalue weighted by atomic mass is 10.2. The lowest BCUT2D eigenvalue weighted by Crippen LogP contribution is -2.13.